The van der Waals surface area contributed by atoms with Crippen LogP contribution in [0.3, 0.4) is 0 Å². The molecule has 15 heavy (non-hydrogen) atoms. The normalized spacial score (nSPS) is 11.9. The molecule has 3 N–H and O–H groups in total. The number of halogens is 1. The highest BCUT2D eigenvalue weighted by Gasteiger charge is 2.13. The molecule has 0 aliphatic rings. The number of carbonyl (C=O) groups excluding carboxylic acids is 2. The number of rotatable bonds is 3. The molecule has 80 valence electrons. The van der Waals surface area contributed by atoms with Gasteiger partial charge in [0.25, 0.3) is 5.91 Å². The van der Waals surface area contributed by atoms with Gasteiger partial charge in [-0.2, -0.15) is 0 Å². The lowest BCUT2D eigenvalue weighted by molar-refractivity contribution is -0.119. The van der Waals surface area contributed by atoms with E-state index >= 15 is 0 Å². The number of nitrogens with two attached hydrogens (primary N) is 1. The molecule has 1 unspecified atom stereocenters. The van der Waals surface area contributed by atoms with Gasteiger partial charge in [-0.3, -0.25) is 9.59 Å². The third-order valence-electron chi connectivity index (χ3n) is 1.88. The number of benzene rings is 1. The van der Waals surface area contributed by atoms with Gasteiger partial charge in [-0.05, 0) is 31.2 Å². The average Bonchev–Trinajstić information content (AvgIpc) is 2.18. The van der Waals surface area contributed by atoms with Crippen LogP contribution >= 0.6 is 0 Å². The van der Waals surface area contributed by atoms with Crippen molar-refractivity contribution in [2.24, 2.45) is 5.73 Å². The minimum atomic E-state index is -0.748. The van der Waals surface area contributed by atoms with Crippen molar-refractivity contribution in [1.29, 1.82) is 0 Å². The molecule has 0 aromatic heterocycles. The first-order chi connectivity index (χ1) is 7.00. The molecule has 4 nitrogen and oxygen atoms in total. The van der Waals surface area contributed by atoms with Gasteiger partial charge in [0.15, 0.2) is 0 Å². The summed E-state index contributed by atoms with van der Waals surface area (Å²) in [6, 6.07) is 4.26. The zero-order valence-electron chi connectivity index (χ0n) is 8.16. The van der Waals surface area contributed by atoms with E-state index in [1.165, 1.54) is 31.2 Å². The third-order valence-corrected chi connectivity index (χ3v) is 1.88. The quantitative estimate of drug-likeness (QED) is 0.759. The Morgan fingerprint density at radius 1 is 1.33 bits per heavy atom. The zero-order chi connectivity index (χ0) is 11.4. The Morgan fingerprint density at radius 3 is 2.33 bits per heavy atom. The summed E-state index contributed by atoms with van der Waals surface area (Å²) in [6.07, 6.45) is 0. The maximum atomic E-state index is 12.5. The van der Waals surface area contributed by atoms with E-state index < -0.39 is 23.7 Å². The van der Waals surface area contributed by atoms with Crippen molar-refractivity contribution in [2.45, 2.75) is 13.0 Å². The molecule has 0 saturated heterocycles. The first kappa shape index (κ1) is 11.2. The summed E-state index contributed by atoms with van der Waals surface area (Å²) >= 11 is 0. The summed E-state index contributed by atoms with van der Waals surface area (Å²) in [7, 11) is 0. The number of carbonyl (C=O) groups is 2. The minimum absolute atomic E-state index is 0.282. The van der Waals surface area contributed by atoms with Gasteiger partial charge in [-0.15, -0.1) is 0 Å². The highest BCUT2D eigenvalue weighted by atomic mass is 19.1. The Kier molecular flexibility index (Phi) is 3.38. The van der Waals surface area contributed by atoms with E-state index in [0.717, 1.165) is 0 Å². The zero-order valence-corrected chi connectivity index (χ0v) is 8.16. The van der Waals surface area contributed by atoms with Gasteiger partial charge in [-0.1, -0.05) is 0 Å². The highest BCUT2D eigenvalue weighted by Crippen LogP contribution is 2.02. The molecule has 1 atom stereocenters. The van der Waals surface area contributed by atoms with Crippen molar-refractivity contribution in [1.82, 2.24) is 5.32 Å². The molecule has 0 spiro atoms. The van der Waals surface area contributed by atoms with Crippen molar-refractivity contribution < 1.29 is 14.0 Å². The Balaban J connectivity index is 2.69. The molecule has 0 aliphatic carbocycles. The number of primary amides is 1. The third kappa shape index (κ3) is 3.05. The Morgan fingerprint density at radius 2 is 1.87 bits per heavy atom. The maximum absolute atomic E-state index is 12.5. The van der Waals surface area contributed by atoms with E-state index in [0.29, 0.717) is 0 Å². The average molecular weight is 210 g/mol. The van der Waals surface area contributed by atoms with Crippen LogP contribution in [0.1, 0.15) is 17.3 Å². The molecule has 5 heteroatoms. The van der Waals surface area contributed by atoms with E-state index in [-0.39, 0.29) is 5.56 Å². The second-order valence-electron chi connectivity index (χ2n) is 3.10. The monoisotopic (exact) mass is 210 g/mol. The first-order valence-electron chi connectivity index (χ1n) is 4.36. The van der Waals surface area contributed by atoms with Crippen molar-refractivity contribution in [2.75, 3.05) is 0 Å². The first-order valence-corrected chi connectivity index (χ1v) is 4.36. The Bertz CT molecular complexity index is 376. The second kappa shape index (κ2) is 4.54. The predicted octanol–water partition coefficient (Wildman–Crippen LogP) is 0.429. The number of amides is 2. The summed E-state index contributed by atoms with van der Waals surface area (Å²) in [5.41, 5.74) is 5.25. The van der Waals surface area contributed by atoms with Crippen LogP contribution in [0, 0.1) is 5.82 Å². The topological polar surface area (TPSA) is 72.2 Å². The van der Waals surface area contributed by atoms with Gasteiger partial charge in [0.05, 0.1) is 0 Å². The van der Waals surface area contributed by atoms with Crippen LogP contribution in [0.25, 0.3) is 0 Å². The van der Waals surface area contributed by atoms with Crippen LogP contribution in [0.4, 0.5) is 4.39 Å². The number of hydrogen-bond acceptors (Lipinski definition) is 2. The van der Waals surface area contributed by atoms with Crippen molar-refractivity contribution in [3.63, 3.8) is 0 Å². The second-order valence-corrected chi connectivity index (χ2v) is 3.10. The van der Waals surface area contributed by atoms with Crippen LogP contribution in [0.2, 0.25) is 0 Å². The molecular weight excluding hydrogens is 199 g/mol. The van der Waals surface area contributed by atoms with E-state index in [4.69, 9.17) is 5.73 Å². The van der Waals surface area contributed by atoms with Gasteiger partial charge in [0, 0.05) is 5.56 Å². The standard InChI is InChI=1S/C10H11FN2O2/c1-6(9(12)14)13-10(15)7-2-4-8(11)5-3-7/h2-6H,1H3,(H2,12,14)(H,13,15). The molecule has 0 heterocycles. The molecule has 1 rings (SSSR count). The lowest BCUT2D eigenvalue weighted by Crippen LogP contribution is -2.42. The molecule has 0 bridgehead atoms. The van der Waals surface area contributed by atoms with Gasteiger partial charge >= 0.3 is 0 Å². The Hall–Kier alpha value is -1.91. The minimum Gasteiger partial charge on any atom is -0.368 e. The van der Waals surface area contributed by atoms with E-state index in [9.17, 15) is 14.0 Å². The molecule has 0 aliphatic heterocycles. The fourth-order valence-electron chi connectivity index (χ4n) is 0.952. The summed E-state index contributed by atoms with van der Waals surface area (Å²) in [6.45, 7) is 1.48. The van der Waals surface area contributed by atoms with Gasteiger partial charge < -0.3 is 11.1 Å². The molecule has 0 fully saturated rings. The fourth-order valence-corrected chi connectivity index (χ4v) is 0.952. The number of hydrogen-bond donors (Lipinski definition) is 2. The van der Waals surface area contributed by atoms with Crippen LogP contribution in [-0.2, 0) is 4.79 Å². The van der Waals surface area contributed by atoms with E-state index in [1.807, 2.05) is 0 Å². The lowest BCUT2D eigenvalue weighted by Gasteiger charge is -2.09. The van der Waals surface area contributed by atoms with Crippen LogP contribution in [0.15, 0.2) is 24.3 Å². The summed E-state index contributed by atoms with van der Waals surface area (Å²) in [4.78, 5) is 22.1. The summed E-state index contributed by atoms with van der Waals surface area (Å²) < 4.78 is 12.5. The molecule has 0 radical (unpaired) electrons. The predicted molar refractivity (Wildman–Crippen MR) is 52.5 cm³/mol. The molecule has 1 aromatic carbocycles. The summed E-state index contributed by atoms with van der Waals surface area (Å²) in [5.74, 6) is -1.50. The van der Waals surface area contributed by atoms with Gasteiger partial charge in [0.2, 0.25) is 5.91 Å². The SMILES string of the molecule is CC(NC(=O)c1ccc(F)cc1)C(N)=O. The van der Waals surface area contributed by atoms with Gasteiger partial charge in [-0.25, -0.2) is 4.39 Å². The molecule has 2 amide bonds. The number of nitrogens with one attached hydrogen (secondary N) is 1. The lowest BCUT2D eigenvalue weighted by atomic mass is 10.2. The smallest absolute Gasteiger partial charge is 0.251 e. The van der Waals surface area contributed by atoms with Gasteiger partial charge in [0.1, 0.15) is 11.9 Å². The van der Waals surface area contributed by atoms with E-state index in [1.54, 1.807) is 0 Å². The maximum Gasteiger partial charge on any atom is 0.251 e. The van der Waals surface area contributed by atoms with Crippen molar-refractivity contribution >= 4 is 11.8 Å². The van der Waals surface area contributed by atoms with Crippen LogP contribution in [-0.4, -0.2) is 17.9 Å². The molecule has 0 saturated carbocycles. The highest BCUT2D eigenvalue weighted by molar-refractivity contribution is 5.97. The molecular formula is C10H11FN2O2. The van der Waals surface area contributed by atoms with Crippen molar-refractivity contribution in [3.8, 4) is 0 Å². The largest absolute Gasteiger partial charge is 0.368 e. The summed E-state index contributed by atoms with van der Waals surface area (Å²) in [5, 5.41) is 2.38. The van der Waals surface area contributed by atoms with Crippen molar-refractivity contribution in [3.05, 3.63) is 35.6 Å². The molecule has 1 aromatic rings. The van der Waals surface area contributed by atoms with Crippen LogP contribution < -0.4 is 11.1 Å². The fraction of sp³-hybridized carbons (Fsp3) is 0.200. The van der Waals surface area contributed by atoms with Crippen LogP contribution in [0.5, 0.6) is 0 Å². The van der Waals surface area contributed by atoms with E-state index in [2.05, 4.69) is 5.32 Å². The Labute approximate surface area is 86.3 Å².